The Morgan fingerprint density at radius 3 is 1.79 bits per heavy atom. The van der Waals surface area contributed by atoms with E-state index in [0.29, 0.717) is 61.8 Å². The molecule has 0 spiro atoms. The Labute approximate surface area is 440 Å². The number of unbranched alkanes of at least 4 members (excludes halogenated alkanes) is 8. The second-order valence-electron chi connectivity index (χ2n) is 15.6. The number of nitrogens with zero attached hydrogens (tertiary/aromatic N) is 3. The van der Waals surface area contributed by atoms with Crippen LogP contribution in [0.2, 0.25) is 0 Å². The van der Waals surface area contributed by atoms with Crippen LogP contribution < -0.4 is 19.5 Å². The molecule has 0 bridgehead atoms. The summed E-state index contributed by atoms with van der Waals surface area (Å²) in [4.78, 5) is 40.2. The van der Waals surface area contributed by atoms with Crippen LogP contribution in [0.5, 0.6) is 23.1 Å². The van der Waals surface area contributed by atoms with E-state index in [2.05, 4.69) is 107 Å². The number of carbonyl (C=O) groups excluding carboxylic acids is 3. The molecule has 1 N–H and O–H groups in total. The number of esters is 2. The summed E-state index contributed by atoms with van der Waals surface area (Å²) in [5.74, 6) is -1.51. The van der Waals surface area contributed by atoms with E-state index in [1.807, 2.05) is 6.07 Å². The molecule has 0 unspecified atom stereocenters. The molecule has 17 heteroatoms. The number of pyridine rings is 1. The van der Waals surface area contributed by atoms with Crippen LogP contribution >= 0.6 is 77.0 Å². The normalized spacial score (nSPS) is 10.5. The maximum absolute atomic E-state index is 14.2. The van der Waals surface area contributed by atoms with Gasteiger partial charge in [-0.05, 0) is 170 Å². The fourth-order valence-electron chi connectivity index (χ4n) is 5.99. The number of amides is 1. The van der Waals surface area contributed by atoms with Crippen molar-refractivity contribution in [3.8, 4) is 35.3 Å². The fraction of sp³-hybridized carbons (Fsp3) is 0.333. The molecule has 0 aliphatic carbocycles. The SMILES string of the molecule is CC(C)(F)c1cccc(Oc2ncccc2C(=O)Nc2ccc(F)cc2F)c1.CCCCCCCC(=O)Oc1c(Br)cc(C#N)cc1Br.CCCCCCCC(=O)Oc1c(I)cc(C#N)cc1I. The lowest BCUT2D eigenvalue weighted by Crippen LogP contribution is -2.15. The highest BCUT2D eigenvalue weighted by atomic mass is 127. The number of benzene rings is 4. The van der Waals surface area contributed by atoms with E-state index in [1.54, 1.807) is 42.5 Å². The number of hydrogen-bond donors (Lipinski definition) is 1. The third kappa shape index (κ3) is 20.2. The van der Waals surface area contributed by atoms with Crippen LogP contribution in [-0.4, -0.2) is 22.8 Å². The largest absolute Gasteiger partial charge is 0.438 e. The van der Waals surface area contributed by atoms with Gasteiger partial charge in [-0.2, -0.15) is 10.5 Å². The summed E-state index contributed by atoms with van der Waals surface area (Å²) in [5, 5.41) is 20.1. The zero-order valence-electron chi connectivity index (χ0n) is 38.0. The van der Waals surface area contributed by atoms with Gasteiger partial charge in [-0.3, -0.25) is 14.4 Å². The minimum Gasteiger partial charge on any atom is -0.438 e. The van der Waals surface area contributed by atoms with Crippen molar-refractivity contribution in [3.63, 3.8) is 0 Å². The Hall–Kier alpha value is -4.57. The van der Waals surface area contributed by atoms with Crippen molar-refractivity contribution in [2.24, 2.45) is 0 Å². The number of anilines is 1. The van der Waals surface area contributed by atoms with Crippen LogP contribution in [0.4, 0.5) is 18.9 Å². The highest BCUT2D eigenvalue weighted by Gasteiger charge is 2.21. The molecular formula is C51H51Br2F3I2N4O6. The molecule has 360 valence electrons. The maximum Gasteiger partial charge on any atom is 0.311 e. The lowest BCUT2D eigenvalue weighted by atomic mass is 10.0. The quantitative estimate of drug-likeness (QED) is 0.0369. The maximum atomic E-state index is 14.2. The molecule has 1 aromatic heterocycles. The lowest BCUT2D eigenvalue weighted by molar-refractivity contribution is -0.135. The smallest absolute Gasteiger partial charge is 0.311 e. The molecule has 0 radical (unpaired) electrons. The first-order valence-electron chi connectivity index (χ1n) is 21.8. The van der Waals surface area contributed by atoms with E-state index >= 15 is 0 Å². The summed E-state index contributed by atoms with van der Waals surface area (Å²) in [6.07, 6.45) is 13.3. The van der Waals surface area contributed by atoms with Crippen molar-refractivity contribution in [1.29, 1.82) is 10.5 Å². The zero-order chi connectivity index (χ0) is 50.2. The number of aromatic nitrogens is 1. The van der Waals surface area contributed by atoms with Gasteiger partial charge >= 0.3 is 11.9 Å². The molecule has 0 saturated carbocycles. The molecule has 1 amide bonds. The standard InChI is InChI=1S/C21H17F3N2O2.C15H17Br2NO2.C15H17I2NO2/c1-21(2,24)13-5-3-6-15(11-13)28-20-16(7-4-10-25-20)19(27)26-18-9-8-14(22)12-17(18)23;2*1-2-3-4-5-6-7-14(19)20-15-12(16)8-11(10-18)9-13(15)17/h3-12H,1-2H3,(H,26,27);2*8-9H,2-7H2,1H3. The van der Waals surface area contributed by atoms with Gasteiger partial charge in [-0.25, -0.2) is 18.2 Å². The molecule has 68 heavy (non-hydrogen) atoms. The van der Waals surface area contributed by atoms with E-state index < -0.39 is 23.2 Å². The Morgan fingerprint density at radius 2 is 1.26 bits per heavy atom. The Bertz CT molecular complexity index is 2440. The molecule has 10 nitrogen and oxygen atoms in total. The molecule has 0 aliphatic rings. The second kappa shape index (κ2) is 30.1. The predicted molar refractivity (Wildman–Crippen MR) is 280 cm³/mol. The second-order valence-corrected chi connectivity index (χ2v) is 19.6. The van der Waals surface area contributed by atoms with Crippen molar-refractivity contribution in [1.82, 2.24) is 4.98 Å². The average molecular weight is 1290 g/mol. The third-order valence-corrected chi connectivity index (χ3v) is 12.4. The van der Waals surface area contributed by atoms with Gasteiger partial charge in [-0.1, -0.05) is 77.3 Å². The van der Waals surface area contributed by atoms with Crippen molar-refractivity contribution in [2.45, 2.75) is 110 Å². The lowest BCUT2D eigenvalue weighted by Gasteiger charge is -2.16. The molecule has 0 fully saturated rings. The first-order chi connectivity index (χ1) is 32.4. The Balaban J connectivity index is 0.000000277. The summed E-state index contributed by atoms with van der Waals surface area (Å²) in [6, 6.07) is 23.0. The summed E-state index contributed by atoms with van der Waals surface area (Å²) in [7, 11) is 0. The van der Waals surface area contributed by atoms with Gasteiger partial charge in [0, 0.05) is 25.1 Å². The fourth-order valence-corrected chi connectivity index (χ4v) is 9.32. The van der Waals surface area contributed by atoms with Crippen LogP contribution in [0.15, 0.2) is 94.0 Å². The highest BCUT2D eigenvalue weighted by molar-refractivity contribution is 14.1. The van der Waals surface area contributed by atoms with Gasteiger partial charge in [0.05, 0.1) is 45.0 Å². The van der Waals surface area contributed by atoms with E-state index in [4.69, 9.17) is 24.7 Å². The van der Waals surface area contributed by atoms with Crippen LogP contribution in [0.3, 0.4) is 0 Å². The molecule has 5 aromatic rings. The average Bonchev–Trinajstić information content (AvgIpc) is 3.29. The number of hydrogen-bond acceptors (Lipinski definition) is 9. The highest BCUT2D eigenvalue weighted by Crippen LogP contribution is 2.35. The third-order valence-electron chi connectivity index (χ3n) is 9.59. The number of carbonyl (C=O) groups is 3. The van der Waals surface area contributed by atoms with Crippen LogP contribution in [0.25, 0.3) is 0 Å². The van der Waals surface area contributed by atoms with Crippen LogP contribution in [0.1, 0.15) is 132 Å². The number of nitrogens with one attached hydrogen (secondary N) is 1. The van der Waals surface area contributed by atoms with Crippen molar-refractivity contribution in [3.05, 3.63) is 135 Å². The van der Waals surface area contributed by atoms with Gasteiger partial charge in [-0.15, -0.1) is 0 Å². The summed E-state index contributed by atoms with van der Waals surface area (Å²) >= 11 is 10.8. The Morgan fingerprint density at radius 1 is 0.721 bits per heavy atom. The molecule has 0 aliphatic heterocycles. The van der Waals surface area contributed by atoms with E-state index in [1.165, 1.54) is 70.3 Å². The first kappa shape index (κ1) is 57.7. The molecular weight excluding hydrogens is 1240 g/mol. The summed E-state index contributed by atoms with van der Waals surface area (Å²) in [6.45, 7) is 7.17. The van der Waals surface area contributed by atoms with Crippen molar-refractivity contribution in [2.75, 3.05) is 5.32 Å². The van der Waals surface area contributed by atoms with Gasteiger partial charge in [0.25, 0.3) is 5.91 Å². The Kier molecular flexibility index (Phi) is 25.6. The van der Waals surface area contributed by atoms with Crippen molar-refractivity contribution >= 4 is 101 Å². The van der Waals surface area contributed by atoms with Crippen molar-refractivity contribution < 1.29 is 41.8 Å². The molecule has 1 heterocycles. The monoisotopic (exact) mass is 1280 g/mol. The minimum atomic E-state index is -1.57. The van der Waals surface area contributed by atoms with E-state index in [-0.39, 0.29) is 29.1 Å². The number of halogens is 7. The minimum absolute atomic E-state index is 0.0312. The zero-order valence-corrected chi connectivity index (χ0v) is 45.5. The first-order valence-corrected chi connectivity index (χ1v) is 25.5. The number of ether oxygens (including phenoxy) is 3. The molecule has 0 saturated heterocycles. The van der Waals surface area contributed by atoms with Crippen LogP contribution in [0, 0.1) is 41.4 Å². The number of nitriles is 2. The predicted octanol–water partition coefficient (Wildman–Crippen LogP) is 16.0. The van der Waals surface area contributed by atoms with Gasteiger partial charge in [0.2, 0.25) is 5.88 Å². The van der Waals surface area contributed by atoms with Gasteiger partial charge < -0.3 is 19.5 Å². The van der Waals surface area contributed by atoms with Gasteiger partial charge in [0.1, 0.15) is 28.6 Å². The number of rotatable bonds is 19. The summed E-state index contributed by atoms with van der Waals surface area (Å²) in [5.41, 5.74) is -0.218. The van der Waals surface area contributed by atoms with E-state index in [0.717, 1.165) is 51.4 Å². The molecule has 4 aromatic carbocycles. The van der Waals surface area contributed by atoms with Gasteiger partial charge in [0.15, 0.2) is 11.5 Å². The van der Waals surface area contributed by atoms with Crippen LogP contribution in [-0.2, 0) is 15.3 Å². The topological polar surface area (TPSA) is 151 Å². The molecule has 5 rings (SSSR count). The van der Waals surface area contributed by atoms with E-state index in [9.17, 15) is 27.6 Å². The summed E-state index contributed by atoms with van der Waals surface area (Å²) < 4.78 is 60.2. The number of alkyl halides is 1. The molecule has 0 atom stereocenters.